The second-order valence-electron chi connectivity index (χ2n) is 5.21. The van der Waals surface area contributed by atoms with E-state index in [1.807, 2.05) is 0 Å². The Labute approximate surface area is 121 Å². The fraction of sp³-hybridized carbons (Fsp3) is 0.400. The molecule has 1 aromatic rings. The number of ether oxygens (including phenoxy) is 2. The van der Waals surface area contributed by atoms with Gasteiger partial charge in [-0.3, -0.25) is 14.4 Å². The lowest BCUT2D eigenvalue weighted by Crippen LogP contribution is -2.27. The molecular formula is C15H15NO5. The molecule has 6 heteroatoms. The van der Waals surface area contributed by atoms with Gasteiger partial charge in [-0.2, -0.15) is 0 Å². The zero-order valence-corrected chi connectivity index (χ0v) is 11.4. The van der Waals surface area contributed by atoms with Crippen LogP contribution < -0.4 is 10.1 Å². The van der Waals surface area contributed by atoms with Crippen LogP contribution in [-0.4, -0.2) is 30.9 Å². The first-order chi connectivity index (χ1) is 10.1. The summed E-state index contributed by atoms with van der Waals surface area (Å²) >= 11 is 0. The summed E-state index contributed by atoms with van der Waals surface area (Å²) in [6.45, 7) is -0.303. The maximum Gasteiger partial charge on any atom is 0.309 e. The zero-order chi connectivity index (χ0) is 14.8. The van der Waals surface area contributed by atoms with E-state index in [0.717, 1.165) is 19.3 Å². The molecule has 21 heavy (non-hydrogen) atoms. The SMILES string of the molecule is O=C1COc2ccc(C(=O)COC(=O)C3CCC3)cc2N1. The van der Waals surface area contributed by atoms with Crippen LogP contribution in [0.2, 0.25) is 0 Å². The molecule has 2 aliphatic rings. The molecule has 0 saturated heterocycles. The molecule has 110 valence electrons. The number of hydrogen-bond acceptors (Lipinski definition) is 5. The van der Waals surface area contributed by atoms with Crippen LogP contribution >= 0.6 is 0 Å². The Kier molecular flexibility index (Phi) is 3.60. The number of esters is 1. The number of amides is 1. The molecule has 0 spiro atoms. The molecule has 1 aliphatic carbocycles. The van der Waals surface area contributed by atoms with Gasteiger partial charge in [0.25, 0.3) is 5.91 Å². The van der Waals surface area contributed by atoms with Crippen molar-refractivity contribution >= 4 is 23.3 Å². The lowest BCUT2D eigenvalue weighted by molar-refractivity contribution is -0.150. The van der Waals surface area contributed by atoms with Crippen molar-refractivity contribution in [1.29, 1.82) is 0 Å². The maximum atomic E-state index is 12.0. The van der Waals surface area contributed by atoms with Gasteiger partial charge in [0.1, 0.15) is 5.75 Å². The van der Waals surface area contributed by atoms with Crippen molar-refractivity contribution in [2.24, 2.45) is 5.92 Å². The summed E-state index contributed by atoms with van der Waals surface area (Å²) in [5.41, 5.74) is 0.836. The van der Waals surface area contributed by atoms with E-state index in [2.05, 4.69) is 5.32 Å². The molecule has 0 aromatic heterocycles. The van der Waals surface area contributed by atoms with Gasteiger partial charge in [-0.05, 0) is 31.0 Å². The number of anilines is 1. The first-order valence-corrected chi connectivity index (χ1v) is 6.90. The topological polar surface area (TPSA) is 81.7 Å². The number of Topliss-reactive ketones (excluding diaryl/α,β-unsaturated/α-hetero) is 1. The van der Waals surface area contributed by atoms with Crippen molar-refractivity contribution in [3.8, 4) is 5.75 Å². The molecule has 6 nitrogen and oxygen atoms in total. The molecule has 0 bridgehead atoms. The minimum Gasteiger partial charge on any atom is -0.482 e. The average Bonchev–Trinajstić information content (AvgIpc) is 2.42. The number of ketones is 1. The van der Waals surface area contributed by atoms with Crippen molar-refractivity contribution in [2.75, 3.05) is 18.5 Å². The minimum absolute atomic E-state index is 0.0285. The number of rotatable bonds is 4. The number of carbonyl (C=O) groups is 3. The molecule has 0 atom stereocenters. The molecule has 1 amide bonds. The van der Waals surface area contributed by atoms with Gasteiger partial charge in [-0.25, -0.2) is 0 Å². The van der Waals surface area contributed by atoms with Crippen LogP contribution in [0.5, 0.6) is 5.75 Å². The summed E-state index contributed by atoms with van der Waals surface area (Å²) < 4.78 is 10.2. The third-order valence-electron chi connectivity index (χ3n) is 3.72. The second kappa shape index (κ2) is 5.55. The number of hydrogen-bond donors (Lipinski definition) is 1. The highest BCUT2D eigenvalue weighted by Crippen LogP contribution is 2.29. The van der Waals surface area contributed by atoms with Gasteiger partial charge in [-0.1, -0.05) is 6.42 Å². The smallest absolute Gasteiger partial charge is 0.309 e. The summed E-state index contributed by atoms with van der Waals surface area (Å²) in [7, 11) is 0. The summed E-state index contributed by atoms with van der Waals surface area (Å²) in [6, 6.07) is 4.75. The van der Waals surface area contributed by atoms with Crippen LogP contribution in [-0.2, 0) is 14.3 Å². The maximum absolute atomic E-state index is 12.0. The second-order valence-corrected chi connectivity index (χ2v) is 5.21. The Morgan fingerprint density at radius 2 is 2.14 bits per heavy atom. The van der Waals surface area contributed by atoms with Crippen molar-refractivity contribution < 1.29 is 23.9 Å². The number of carbonyl (C=O) groups excluding carboxylic acids is 3. The lowest BCUT2D eigenvalue weighted by Gasteiger charge is -2.23. The molecule has 0 radical (unpaired) electrons. The predicted molar refractivity (Wildman–Crippen MR) is 73.2 cm³/mol. The number of nitrogens with one attached hydrogen (secondary N) is 1. The van der Waals surface area contributed by atoms with Crippen molar-refractivity contribution in [1.82, 2.24) is 0 Å². The highest BCUT2D eigenvalue weighted by atomic mass is 16.5. The van der Waals surface area contributed by atoms with Crippen LogP contribution in [0.15, 0.2) is 18.2 Å². The van der Waals surface area contributed by atoms with Crippen LogP contribution in [0.4, 0.5) is 5.69 Å². The Morgan fingerprint density at radius 1 is 1.33 bits per heavy atom. The average molecular weight is 289 g/mol. The van der Waals surface area contributed by atoms with Gasteiger partial charge in [0.05, 0.1) is 11.6 Å². The Morgan fingerprint density at radius 3 is 2.86 bits per heavy atom. The van der Waals surface area contributed by atoms with Gasteiger partial charge >= 0.3 is 5.97 Å². The summed E-state index contributed by atoms with van der Waals surface area (Å²) in [5, 5.41) is 2.63. The van der Waals surface area contributed by atoms with Gasteiger partial charge in [0.2, 0.25) is 0 Å². The van der Waals surface area contributed by atoms with Crippen LogP contribution in [0.3, 0.4) is 0 Å². The third-order valence-corrected chi connectivity index (χ3v) is 3.72. The van der Waals surface area contributed by atoms with Gasteiger partial charge < -0.3 is 14.8 Å². The van der Waals surface area contributed by atoms with Gasteiger partial charge in [-0.15, -0.1) is 0 Å². The number of benzene rings is 1. The molecule has 3 rings (SSSR count). The third kappa shape index (κ3) is 2.89. The fourth-order valence-corrected chi connectivity index (χ4v) is 2.24. The van der Waals surface area contributed by atoms with E-state index >= 15 is 0 Å². The summed E-state index contributed by atoms with van der Waals surface area (Å²) in [6.07, 6.45) is 2.72. The van der Waals surface area contributed by atoms with E-state index in [0.29, 0.717) is 17.0 Å². The van der Waals surface area contributed by atoms with E-state index in [1.54, 1.807) is 12.1 Å². The quantitative estimate of drug-likeness (QED) is 0.671. The van der Waals surface area contributed by atoms with Crippen molar-refractivity contribution in [3.63, 3.8) is 0 Å². The largest absolute Gasteiger partial charge is 0.482 e. The molecule has 1 aromatic carbocycles. The van der Waals surface area contributed by atoms with Crippen LogP contribution in [0.25, 0.3) is 0 Å². The normalized spacial score (nSPS) is 17.0. The van der Waals surface area contributed by atoms with E-state index in [-0.39, 0.29) is 36.8 Å². The van der Waals surface area contributed by atoms with Crippen molar-refractivity contribution in [3.05, 3.63) is 23.8 Å². The monoisotopic (exact) mass is 289 g/mol. The minimum atomic E-state index is -0.302. The summed E-state index contributed by atoms with van der Waals surface area (Å²) in [5.74, 6) is -0.385. The van der Waals surface area contributed by atoms with E-state index in [4.69, 9.17) is 9.47 Å². The first kappa shape index (κ1) is 13.6. The lowest BCUT2D eigenvalue weighted by atomic mass is 9.86. The molecule has 1 aliphatic heterocycles. The first-order valence-electron chi connectivity index (χ1n) is 6.90. The Balaban J connectivity index is 1.63. The molecular weight excluding hydrogens is 274 g/mol. The molecule has 1 heterocycles. The van der Waals surface area contributed by atoms with E-state index in [1.165, 1.54) is 6.07 Å². The van der Waals surface area contributed by atoms with E-state index in [9.17, 15) is 14.4 Å². The van der Waals surface area contributed by atoms with Crippen LogP contribution in [0, 0.1) is 5.92 Å². The fourth-order valence-electron chi connectivity index (χ4n) is 2.24. The highest BCUT2D eigenvalue weighted by molar-refractivity contribution is 6.01. The molecule has 1 N–H and O–H groups in total. The molecule has 1 saturated carbocycles. The van der Waals surface area contributed by atoms with Crippen molar-refractivity contribution in [2.45, 2.75) is 19.3 Å². The Bertz CT molecular complexity index is 606. The number of fused-ring (bicyclic) bond motifs is 1. The zero-order valence-electron chi connectivity index (χ0n) is 11.4. The highest BCUT2D eigenvalue weighted by Gasteiger charge is 2.27. The summed E-state index contributed by atoms with van der Waals surface area (Å²) in [4.78, 5) is 34.8. The molecule has 1 fully saturated rings. The standard InChI is InChI=1S/C15H15NO5/c17-12(7-21-15(19)9-2-1-3-9)10-4-5-13-11(6-10)16-14(18)8-20-13/h4-6,9H,1-3,7-8H2,(H,16,18). The predicted octanol–water partition coefficient (Wildman–Crippen LogP) is 1.54. The molecule has 0 unspecified atom stereocenters. The Hall–Kier alpha value is -2.37. The van der Waals surface area contributed by atoms with Crippen LogP contribution in [0.1, 0.15) is 29.6 Å². The van der Waals surface area contributed by atoms with Gasteiger partial charge in [0.15, 0.2) is 19.0 Å². The van der Waals surface area contributed by atoms with Gasteiger partial charge in [0, 0.05) is 5.56 Å². The van der Waals surface area contributed by atoms with E-state index < -0.39 is 0 Å².